The number of rotatable bonds is 7. The summed E-state index contributed by atoms with van der Waals surface area (Å²) in [4.78, 5) is 13.7. The molecule has 7 nitrogen and oxygen atoms in total. The monoisotopic (exact) mass is 541 g/mol. The summed E-state index contributed by atoms with van der Waals surface area (Å²) >= 11 is 0. The van der Waals surface area contributed by atoms with Crippen LogP contribution in [-0.4, -0.2) is 40.3 Å². The summed E-state index contributed by atoms with van der Waals surface area (Å²) in [6.07, 6.45) is 1.75. The smallest absolute Gasteiger partial charge is 0.361 e. The lowest BCUT2D eigenvalue weighted by atomic mass is 10.1. The molecule has 0 fully saturated rings. The van der Waals surface area contributed by atoms with Crippen LogP contribution in [0.3, 0.4) is 0 Å². The maximum atomic E-state index is 13.8. The number of nitrogens with zero attached hydrogens (tertiary/aromatic N) is 4. The maximum absolute atomic E-state index is 13.8. The molecule has 0 aliphatic carbocycles. The van der Waals surface area contributed by atoms with Gasteiger partial charge in [0, 0.05) is 42.9 Å². The number of benzene rings is 2. The van der Waals surface area contributed by atoms with Gasteiger partial charge in [0.15, 0.2) is 0 Å². The second-order valence-corrected chi connectivity index (χ2v) is 11.1. The van der Waals surface area contributed by atoms with Crippen molar-refractivity contribution in [3.05, 3.63) is 108 Å². The second-order valence-electron chi connectivity index (χ2n) is 9.17. The lowest BCUT2D eigenvalue weighted by Gasteiger charge is -2.34. The molecule has 1 unspecified atom stereocenters. The van der Waals surface area contributed by atoms with Crippen molar-refractivity contribution in [2.45, 2.75) is 43.0 Å². The fourth-order valence-electron chi connectivity index (χ4n) is 4.73. The highest BCUT2D eigenvalue weighted by molar-refractivity contribution is 7.89. The summed E-state index contributed by atoms with van der Waals surface area (Å²) in [5, 5.41) is 0. The lowest BCUT2D eigenvalue weighted by Crippen LogP contribution is -2.43. The zero-order chi connectivity index (χ0) is 26.8. The molecule has 198 valence electrons. The number of hydrogen-bond donors (Lipinski definition) is 1. The van der Waals surface area contributed by atoms with Gasteiger partial charge in [-0.05, 0) is 60.9 Å². The van der Waals surface area contributed by atoms with Crippen molar-refractivity contribution in [2.75, 3.05) is 11.4 Å². The van der Waals surface area contributed by atoms with Gasteiger partial charge in [-0.15, -0.1) is 0 Å². The Balaban J connectivity index is 1.52. The van der Waals surface area contributed by atoms with E-state index in [1.54, 1.807) is 18.7 Å². The summed E-state index contributed by atoms with van der Waals surface area (Å²) in [5.41, 5.74) is 2.59. The number of aromatic nitrogens is 3. The molecule has 1 aliphatic heterocycles. The van der Waals surface area contributed by atoms with Gasteiger partial charge in [-0.1, -0.05) is 24.3 Å². The Morgan fingerprint density at radius 2 is 1.76 bits per heavy atom. The van der Waals surface area contributed by atoms with E-state index in [4.69, 9.17) is 0 Å². The van der Waals surface area contributed by atoms with Crippen molar-refractivity contribution in [3.63, 3.8) is 0 Å². The van der Waals surface area contributed by atoms with Crippen LogP contribution in [0.4, 0.5) is 18.9 Å². The third kappa shape index (κ3) is 5.58. The molecule has 38 heavy (non-hydrogen) atoms. The van der Waals surface area contributed by atoms with Gasteiger partial charge in [0.1, 0.15) is 0 Å². The fraction of sp³-hybridized carbons (Fsp3) is 0.259. The third-order valence-electron chi connectivity index (χ3n) is 6.68. The molecule has 0 spiro atoms. The minimum atomic E-state index is -4.55. The van der Waals surface area contributed by atoms with Crippen LogP contribution in [0.5, 0.6) is 0 Å². The van der Waals surface area contributed by atoms with Crippen LogP contribution in [0.1, 0.15) is 28.9 Å². The number of halogens is 3. The second kappa shape index (κ2) is 10.6. The van der Waals surface area contributed by atoms with E-state index in [9.17, 15) is 21.6 Å². The number of fused-ring (bicyclic) bond motifs is 1. The Bertz CT molecular complexity index is 1460. The normalized spacial score (nSPS) is 16.7. The molecule has 1 N–H and O–H groups in total. The van der Waals surface area contributed by atoms with Crippen molar-refractivity contribution in [2.24, 2.45) is 0 Å². The number of anilines is 1. The fourth-order valence-corrected chi connectivity index (χ4v) is 6.19. The minimum Gasteiger partial charge on any atom is -0.361 e. The molecule has 2 aromatic carbocycles. The Labute approximate surface area is 219 Å². The number of H-pyrrole nitrogens is 1. The molecule has 0 amide bonds. The van der Waals surface area contributed by atoms with E-state index in [0.29, 0.717) is 19.4 Å². The van der Waals surface area contributed by atoms with E-state index in [0.717, 1.165) is 46.9 Å². The zero-order valence-electron chi connectivity index (χ0n) is 20.3. The maximum Gasteiger partial charge on any atom is 0.416 e. The van der Waals surface area contributed by atoms with Crippen LogP contribution >= 0.6 is 0 Å². The molecule has 0 saturated carbocycles. The standard InChI is InChI=1S/C27H26F3N5O2S/c28-27(29,30)21-8-12-25(13-9-21)38(36,37)34-16-20-5-1-2-7-26(20)35(17-23-15-31-19-33-23)24(18-34)11-10-22-6-3-4-14-32-22/h1-9,12-15,19,24H,10-11,16-18H2,(H,31,33). The van der Waals surface area contributed by atoms with E-state index in [1.807, 2.05) is 42.5 Å². The number of pyridine rings is 1. The molecule has 4 aromatic rings. The first-order valence-corrected chi connectivity index (χ1v) is 13.5. The lowest BCUT2D eigenvalue weighted by molar-refractivity contribution is -0.137. The molecular weight excluding hydrogens is 515 g/mol. The summed E-state index contributed by atoms with van der Waals surface area (Å²) in [6, 6.07) is 16.7. The minimum absolute atomic E-state index is 0.0963. The number of aromatic amines is 1. The van der Waals surface area contributed by atoms with E-state index in [1.165, 1.54) is 4.31 Å². The summed E-state index contributed by atoms with van der Waals surface area (Å²) in [7, 11) is -4.09. The number of hydrogen-bond acceptors (Lipinski definition) is 5. The Kier molecular flexibility index (Phi) is 7.22. The first-order chi connectivity index (χ1) is 18.2. The van der Waals surface area contributed by atoms with Crippen LogP contribution < -0.4 is 4.90 Å². The summed E-state index contributed by atoms with van der Waals surface area (Å²) in [5.74, 6) is 0. The van der Waals surface area contributed by atoms with Gasteiger partial charge >= 0.3 is 6.18 Å². The third-order valence-corrected chi connectivity index (χ3v) is 8.50. The molecule has 3 heterocycles. The molecule has 1 aliphatic rings. The van der Waals surface area contributed by atoms with Crippen LogP contribution in [0.2, 0.25) is 0 Å². The van der Waals surface area contributed by atoms with Gasteiger partial charge in [0.25, 0.3) is 0 Å². The molecule has 11 heteroatoms. The number of alkyl halides is 3. The molecule has 2 aromatic heterocycles. The Hall–Kier alpha value is -3.70. The number of imidazole rings is 1. The summed E-state index contributed by atoms with van der Waals surface area (Å²) < 4.78 is 68.1. The molecule has 0 saturated heterocycles. The predicted octanol–water partition coefficient (Wildman–Crippen LogP) is 5.04. The first kappa shape index (κ1) is 25.9. The zero-order valence-corrected chi connectivity index (χ0v) is 21.2. The Morgan fingerprint density at radius 3 is 2.45 bits per heavy atom. The quantitative estimate of drug-likeness (QED) is 0.355. The number of nitrogens with one attached hydrogen (secondary N) is 1. The Morgan fingerprint density at radius 1 is 1.00 bits per heavy atom. The first-order valence-electron chi connectivity index (χ1n) is 12.1. The molecule has 0 radical (unpaired) electrons. The van der Waals surface area contributed by atoms with E-state index < -0.39 is 21.8 Å². The van der Waals surface area contributed by atoms with Crippen molar-refractivity contribution in [1.29, 1.82) is 0 Å². The van der Waals surface area contributed by atoms with Gasteiger partial charge in [-0.25, -0.2) is 13.4 Å². The van der Waals surface area contributed by atoms with Gasteiger partial charge in [-0.2, -0.15) is 17.5 Å². The van der Waals surface area contributed by atoms with E-state index in [2.05, 4.69) is 19.9 Å². The summed E-state index contributed by atoms with van der Waals surface area (Å²) in [6.45, 7) is 0.732. The average Bonchev–Trinajstić information content (AvgIpc) is 3.37. The number of aryl methyl sites for hydroxylation is 1. The highest BCUT2D eigenvalue weighted by Crippen LogP contribution is 2.34. The molecule has 1 atom stereocenters. The van der Waals surface area contributed by atoms with Crippen LogP contribution in [0.15, 0.2) is 90.3 Å². The van der Waals surface area contributed by atoms with Crippen molar-refractivity contribution < 1.29 is 21.6 Å². The van der Waals surface area contributed by atoms with E-state index in [-0.39, 0.29) is 24.0 Å². The van der Waals surface area contributed by atoms with E-state index >= 15 is 0 Å². The van der Waals surface area contributed by atoms with Crippen molar-refractivity contribution >= 4 is 15.7 Å². The van der Waals surface area contributed by atoms with Gasteiger partial charge in [0.2, 0.25) is 10.0 Å². The van der Waals surface area contributed by atoms with Crippen molar-refractivity contribution in [3.8, 4) is 0 Å². The van der Waals surface area contributed by atoms with Crippen LogP contribution in [0, 0.1) is 0 Å². The molecule has 0 bridgehead atoms. The van der Waals surface area contributed by atoms with Gasteiger partial charge < -0.3 is 9.88 Å². The largest absolute Gasteiger partial charge is 0.416 e. The highest BCUT2D eigenvalue weighted by atomic mass is 32.2. The topological polar surface area (TPSA) is 82.2 Å². The SMILES string of the molecule is O=S(=O)(c1ccc(C(F)(F)F)cc1)N1Cc2ccccc2N(Cc2cnc[nH]2)C(CCc2ccccn2)C1. The number of para-hydroxylation sites is 1. The molecular formula is C27H26F3N5O2S. The van der Waals surface area contributed by atoms with Gasteiger partial charge in [0.05, 0.1) is 29.0 Å². The number of sulfonamides is 1. The highest BCUT2D eigenvalue weighted by Gasteiger charge is 2.36. The van der Waals surface area contributed by atoms with Crippen LogP contribution in [0.25, 0.3) is 0 Å². The van der Waals surface area contributed by atoms with Crippen LogP contribution in [-0.2, 0) is 35.7 Å². The van der Waals surface area contributed by atoms with Crippen molar-refractivity contribution in [1.82, 2.24) is 19.3 Å². The molecule has 5 rings (SSSR count). The van der Waals surface area contributed by atoms with Gasteiger partial charge in [-0.3, -0.25) is 4.98 Å². The predicted molar refractivity (Wildman–Crippen MR) is 137 cm³/mol. The average molecular weight is 542 g/mol.